The van der Waals surface area contributed by atoms with E-state index in [-0.39, 0.29) is 29.5 Å². The van der Waals surface area contributed by atoms with Crippen LogP contribution in [-0.2, 0) is 19.0 Å². The number of aliphatic hydroxyl groups excluding tert-OH is 1. The number of aliphatic hydroxyl groups is 1. The van der Waals surface area contributed by atoms with Crippen molar-refractivity contribution < 1.29 is 24.1 Å². The van der Waals surface area contributed by atoms with E-state index in [0.717, 1.165) is 35.1 Å². The molecule has 138 valence electrons. The Morgan fingerprint density at radius 1 is 1.12 bits per heavy atom. The summed E-state index contributed by atoms with van der Waals surface area (Å²) < 4.78 is 17.8. The fourth-order valence-corrected chi connectivity index (χ4v) is 5.72. The molecule has 1 aliphatic carbocycles. The Kier molecular flexibility index (Phi) is 3.43. The van der Waals surface area contributed by atoms with Crippen LogP contribution in [0, 0.1) is 32.6 Å². The van der Waals surface area contributed by atoms with Crippen LogP contribution in [0.25, 0.3) is 5.57 Å². The molecule has 4 atom stereocenters. The topological polar surface area (TPSA) is 65.0 Å². The predicted octanol–water partition coefficient (Wildman–Crippen LogP) is 3.00. The van der Waals surface area contributed by atoms with E-state index in [0.29, 0.717) is 18.8 Å². The molecule has 5 nitrogen and oxygen atoms in total. The van der Waals surface area contributed by atoms with Crippen molar-refractivity contribution in [3.8, 4) is 0 Å². The van der Waals surface area contributed by atoms with Crippen LogP contribution in [0.2, 0.25) is 0 Å². The molecule has 0 unspecified atom stereocenters. The number of Topliss-reactive ketones (excluding diaryl/α,β-unsaturated/α-hetero) is 1. The van der Waals surface area contributed by atoms with Crippen LogP contribution in [0.1, 0.15) is 35.1 Å². The molecule has 26 heavy (non-hydrogen) atoms. The molecule has 0 spiro atoms. The molecular weight excluding hydrogens is 332 g/mol. The Bertz CT molecular complexity index is 812. The lowest BCUT2D eigenvalue weighted by molar-refractivity contribution is -0.191. The first-order chi connectivity index (χ1) is 12.4. The molecule has 3 heterocycles. The number of hydrogen-bond acceptors (Lipinski definition) is 5. The number of ketones is 1. The van der Waals surface area contributed by atoms with Gasteiger partial charge in [0.25, 0.3) is 0 Å². The van der Waals surface area contributed by atoms with E-state index in [9.17, 15) is 9.90 Å². The molecule has 0 aromatic heterocycles. The zero-order valence-electron chi connectivity index (χ0n) is 15.4. The summed E-state index contributed by atoms with van der Waals surface area (Å²) in [5.41, 5.74) is 3.81. The second-order valence-electron chi connectivity index (χ2n) is 8.13. The van der Waals surface area contributed by atoms with Gasteiger partial charge in [-0.25, -0.2) is 0 Å². The van der Waals surface area contributed by atoms with Crippen LogP contribution in [0.3, 0.4) is 0 Å². The van der Waals surface area contributed by atoms with Crippen molar-refractivity contribution in [2.45, 2.75) is 51.6 Å². The summed E-state index contributed by atoms with van der Waals surface area (Å²) in [5, 5.41) is 11.2. The largest absolute Gasteiger partial charge is 0.511 e. The molecule has 5 rings (SSSR count). The van der Waals surface area contributed by atoms with Gasteiger partial charge in [-0.3, -0.25) is 4.79 Å². The van der Waals surface area contributed by atoms with Gasteiger partial charge in [-0.05, 0) is 50.3 Å². The number of rotatable bonds is 2. The number of carbonyl (C=O) groups excluding carboxylic acids is 1. The molecule has 5 heteroatoms. The molecule has 1 aromatic rings. The van der Waals surface area contributed by atoms with E-state index in [4.69, 9.17) is 14.2 Å². The van der Waals surface area contributed by atoms with Crippen molar-refractivity contribution in [3.05, 3.63) is 40.1 Å². The Labute approximate surface area is 152 Å². The van der Waals surface area contributed by atoms with Gasteiger partial charge in [-0.2, -0.15) is 0 Å². The van der Waals surface area contributed by atoms with Crippen molar-refractivity contribution in [1.82, 2.24) is 0 Å². The molecule has 1 N–H and O–H groups in total. The van der Waals surface area contributed by atoms with Crippen LogP contribution in [-0.4, -0.2) is 42.1 Å². The van der Waals surface area contributed by atoms with Crippen molar-refractivity contribution >= 4 is 11.4 Å². The Morgan fingerprint density at radius 3 is 2.42 bits per heavy atom. The van der Waals surface area contributed by atoms with E-state index in [1.54, 1.807) is 0 Å². The van der Waals surface area contributed by atoms with Gasteiger partial charge in [0.05, 0.1) is 36.7 Å². The lowest BCUT2D eigenvalue weighted by atomic mass is 9.72. The summed E-state index contributed by atoms with van der Waals surface area (Å²) in [6.07, 6.45) is 0.894. The fraction of sp³-hybridized carbons (Fsp3) is 0.571. The first-order valence-electron chi connectivity index (χ1n) is 9.40. The summed E-state index contributed by atoms with van der Waals surface area (Å²) in [7, 11) is 0. The summed E-state index contributed by atoms with van der Waals surface area (Å²) >= 11 is 0. The maximum Gasteiger partial charge on any atom is 0.187 e. The number of hydrogen-bond donors (Lipinski definition) is 1. The van der Waals surface area contributed by atoms with Crippen molar-refractivity contribution in [2.24, 2.45) is 11.8 Å². The van der Waals surface area contributed by atoms with Gasteiger partial charge in [0.2, 0.25) is 0 Å². The van der Waals surface area contributed by atoms with E-state index in [1.807, 2.05) is 20.8 Å². The number of carbonyl (C=O) groups is 1. The molecule has 3 fully saturated rings. The lowest BCUT2D eigenvalue weighted by Crippen LogP contribution is -2.48. The Morgan fingerprint density at radius 2 is 1.77 bits per heavy atom. The third-order valence-corrected chi connectivity index (χ3v) is 6.52. The number of allylic oxidation sites excluding steroid dienone is 1. The van der Waals surface area contributed by atoms with Crippen LogP contribution >= 0.6 is 0 Å². The molecule has 0 radical (unpaired) electrons. The zero-order chi connectivity index (χ0) is 18.2. The first-order valence-corrected chi connectivity index (χ1v) is 9.40. The summed E-state index contributed by atoms with van der Waals surface area (Å²) in [5.74, 6) is -0.526. The van der Waals surface area contributed by atoms with Gasteiger partial charge >= 0.3 is 0 Å². The van der Waals surface area contributed by atoms with E-state index in [2.05, 4.69) is 12.1 Å². The molecule has 3 saturated heterocycles. The van der Waals surface area contributed by atoms with Gasteiger partial charge in [0.15, 0.2) is 12.1 Å². The smallest absolute Gasteiger partial charge is 0.187 e. The molecule has 0 amide bonds. The maximum absolute atomic E-state index is 13.4. The molecule has 3 aliphatic heterocycles. The minimum absolute atomic E-state index is 0.00660. The monoisotopic (exact) mass is 356 g/mol. The minimum atomic E-state index is -0.736. The fourth-order valence-electron chi connectivity index (χ4n) is 5.72. The molecular formula is C21H24O5. The SMILES string of the molecule is Cc1cc(C)c(C2=C(O)[C@H]3[C@@H](C2=O)[C@@H]2CC[C@@]3(C3OCCO3)O2)c(C)c1. The average molecular weight is 356 g/mol. The maximum atomic E-state index is 13.4. The summed E-state index contributed by atoms with van der Waals surface area (Å²) in [6.45, 7) is 7.10. The Hall–Kier alpha value is -1.69. The van der Waals surface area contributed by atoms with Gasteiger partial charge in [-0.15, -0.1) is 0 Å². The quantitative estimate of drug-likeness (QED) is 0.882. The first kappa shape index (κ1) is 16.5. The summed E-state index contributed by atoms with van der Waals surface area (Å²) in [6, 6.07) is 4.13. The van der Waals surface area contributed by atoms with E-state index < -0.39 is 11.9 Å². The second-order valence-corrected chi connectivity index (χ2v) is 8.13. The standard InChI is InChI=1S/C21H24O5/c1-10-8-11(2)14(12(3)9-10)16-18(22)15-13-4-5-21(26-13,17(15)19(16)23)20-24-6-7-25-20/h8-9,13,15,17,20,23H,4-7H2,1-3H3/t13-,15-,17+,21+/m0/s1. The van der Waals surface area contributed by atoms with Crippen molar-refractivity contribution in [3.63, 3.8) is 0 Å². The second kappa shape index (κ2) is 5.41. The summed E-state index contributed by atoms with van der Waals surface area (Å²) in [4.78, 5) is 13.4. The highest BCUT2D eigenvalue weighted by atomic mass is 16.7. The van der Waals surface area contributed by atoms with E-state index >= 15 is 0 Å². The van der Waals surface area contributed by atoms with Crippen LogP contribution < -0.4 is 0 Å². The average Bonchev–Trinajstić information content (AvgIpc) is 3.33. The van der Waals surface area contributed by atoms with Crippen LogP contribution in [0.15, 0.2) is 17.9 Å². The van der Waals surface area contributed by atoms with Gasteiger partial charge in [-0.1, -0.05) is 17.7 Å². The van der Waals surface area contributed by atoms with Crippen LogP contribution in [0.4, 0.5) is 0 Å². The van der Waals surface area contributed by atoms with Crippen molar-refractivity contribution in [1.29, 1.82) is 0 Å². The van der Waals surface area contributed by atoms with E-state index in [1.165, 1.54) is 0 Å². The zero-order valence-corrected chi connectivity index (χ0v) is 15.4. The highest BCUT2D eigenvalue weighted by molar-refractivity contribution is 6.26. The molecule has 0 saturated carbocycles. The third-order valence-electron chi connectivity index (χ3n) is 6.52. The number of aryl methyl sites for hydroxylation is 3. The lowest BCUT2D eigenvalue weighted by Gasteiger charge is -2.35. The number of fused-ring (bicyclic) bond motifs is 5. The minimum Gasteiger partial charge on any atom is -0.511 e. The van der Waals surface area contributed by atoms with Gasteiger partial charge in [0, 0.05) is 0 Å². The highest BCUT2D eigenvalue weighted by Gasteiger charge is 2.70. The normalized spacial score (nSPS) is 36.4. The molecule has 1 aromatic carbocycles. The van der Waals surface area contributed by atoms with Crippen molar-refractivity contribution in [2.75, 3.05) is 13.2 Å². The Balaban J connectivity index is 1.65. The molecule has 4 aliphatic rings. The highest BCUT2D eigenvalue weighted by Crippen LogP contribution is 2.61. The predicted molar refractivity (Wildman–Crippen MR) is 94.7 cm³/mol. The molecule has 2 bridgehead atoms. The number of ether oxygens (including phenoxy) is 3. The number of benzene rings is 1. The van der Waals surface area contributed by atoms with Gasteiger partial charge < -0.3 is 19.3 Å². The third kappa shape index (κ3) is 1.94. The van der Waals surface area contributed by atoms with Crippen LogP contribution in [0.5, 0.6) is 0 Å². The van der Waals surface area contributed by atoms with Gasteiger partial charge in [0.1, 0.15) is 11.4 Å².